The maximum Gasteiger partial charge on any atom is 0.161 e. The number of benzene rings is 1. The van der Waals surface area contributed by atoms with Gasteiger partial charge in [-0.2, -0.15) is 0 Å². The average Bonchev–Trinajstić information content (AvgIpc) is 2.50. The number of ether oxygens (including phenoxy) is 2. The molecule has 1 heterocycles. The van der Waals surface area contributed by atoms with E-state index in [1.165, 1.54) is 0 Å². The zero-order valence-corrected chi connectivity index (χ0v) is 11.9. The van der Waals surface area contributed by atoms with Gasteiger partial charge in [-0.15, -0.1) is 0 Å². The van der Waals surface area contributed by atoms with Crippen LogP contribution in [0.3, 0.4) is 0 Å². The lowest BCUT2D eigenvalue weighted by Gasteiger charge is -2.16. The third kappa shape index (κ3) is 3.27. The van der Waals surface area contributed by atoms with Gasteiger partial charge in [0, 0.05) is 6.20 Å². The molecule has 4 nitrogen and oxygen atoms in total. The Labute approximate surface area is 119 Å². The highest BCUT2D eigenvalue weighted by Crippen LogP contribution is 2.31. The summed E-state index contributed by atoms with van der Waals surface area (Å²) in [6, 6.07) is 11.2. The SMILES string of the molecule is CCOc1ccc(C(N)c2ccccn2)cc1OCC. The lowest BCUT2D eigenvalue weighted by atomic mass is 10.0. The van der Waals surface area contributed by atoms with Gasteiger partial charge in [0.05, 0.1) is 24.9 Å². The molecule has 1 aromatic carbocycles. The first-order valence-electron chi connectivity index (χ1n) is 6.82. The van der Waals surface area contributed by atoms with Crippen molar-refractivity contribution in [1.29, 1.82) is 0 Å². The van der Waals surface area contributed by atoms with E-state index in [0.29, 0.717) is 13.2 Å². The van der Waals surface area contributed by atoms with Crippen molar-refractivity contribution in [2.45, 2.75) is 19.9 Å². The molecular formula is C16H20N2O2. The molecule has 1 unspecified atom stereocenters. The van der Waals surface area contributed by atoms with Crippen molar-refractivity contribution in [1.82, 2.24) is 4.98 Å². The van der Waals surface area contributed by atoms with E-state index in [1.54, 1.807) is 6.20 Å². The third-order valence-electron chi connectivity index (χ3n) is 2.93. The molecule has 0 spiro atoms. The number of hydrogen-bond donors (Lipinski definition) is 1. The van der Waals surface area contributed by atoms with Crippen molar-refractivity contribution in [2.24, 2.45) is 5.73 Å². The second-order valence-corrected chi connectivity index (χ2v) is 4.30. The minimum Gasteiger partial charge on any atom is -0.490 e. The monoisotopic (exact) mass is 272 g/mol. The molecule has 1 atom stereocenters. The maximum absolute atomic E-state index is 6.25. The van der Waals surface area contributed by atoms with E-state index in [1.807, 2.05) is 50.2 Å². The number of hydrogen-bond acceptors (Lipinski definition) is 4. The van der Waals surface area contributed by atoms with E-state index in [0.717, 1.165) is 22.8 Å². The molecule has 2 aromatic rings. The summed E-state index contributed by atoms with van der Waals surface area (Å²) in [5.41, 5.74) is 8.03. The fourth-order valence-corrected chi connectivity index (χ4v) is 1.99. The quantitative estimate of drug-likeness (QED) is 0.878. The Morgan fingerprint density at radius 1 is 1.05 bits per heavy atom. The molecule has 0 saturated carbocycles. The molecule has 106 valence electrons. The van der Waals surface area contributed by atoms with Gasteiger partial charge >= 0.3 is 0 Å². The molecule has 20 heavy (non-hydrogen) atoms. The highest BCUT2D eigenvalue weighted by molar-refractivity contribution is 5.45. The first-order chi connectivity index (χ1) is 9.76. The number of nitrogens with two attached hydrogens (primary N) is 1. The van der Waals surface area contributed by atoms with Crippen LogP contribution in [-0.4, -0.2) is 18.2 Å². The summed E-state index contributed by atoms with van der Waals surface area (Å²) in [5, 5.41) is 0. The Balaban J connectivity index is 2.30. The molecule has 0 bridgehead atoms. The predicted molar refractivity (Wildman–Crippen MR) is 79.0 cm³/mol. The van der Waals surface area contributed by atoms with Crippen LogP contribution in [0.1, 0.15) is 31.1 Å². The van der Waals surface area contributed by atoms with Crippen molar-refractivity contribution in [3.8, 4) is 11.5 Å². The van der Waals surface area contributed by atoms with E-state index >= 15 is 0 Å². The van der Waals surface area contributed by atoms with Gasteiger partial charge in [-0.1, -0.05) is 12.1 Å². The van der Waals surface area contributed by atoms with Gasteiger partial charge in [0.1, 0.15) is 0 Å². The maximum atomic E-state index is 6.25. The fraction of sp³-hybridized carbons (Fsp3) is 0.312. The molecule has 0 aliphatic carbocycles. The molecule has 0 radical (unpaired) electrons. The Morgan fingerprint density at radius 2 is 1.80 bits per heavy atom. The molecule has 0 aliphatic heterocycles. The summed E-state index contributed by atoms with van der Waals surface area (Å²) in [4.78, 5) is 4.29. The summed E-state index contributed by atoms with van der Waals surface area (Å²) < 4.78 is 11.2. The van der Waals surface area contributed by atoms with Crippen molar-refractivity contribution in [2.75, 3.05) is 13.2 Å². The van der Waals surface area contributed by atoms with Crippen LogP contribution in [0.15, 0.2) is 42.6 Å². The van der Waals surface area contributed by atoms with Gasteiger partial charge in [0.25, 0.3) is 0 Å². The fourth-order valence-electron chi connectivity index (χ4n) is 1.99. The molecule has 0 aliphatic rings. The standard InChI is InChI=1S/C16H20N2O2/c1-3-19-14-9-8-12(11-15(14)20-4-2)16(17)13-7-5-6-10-18-13/h5-11,16H,3-4,17H2,1-2H3. The topological polar surface area (TPSA) is 57.4 Å². The van der Waals surface area contributed by atoms with Crippen LogP contribution in [-0.2, 0) is 0 Å². The van der Waals surface area contributed by atoms with E-state index in [9.17, 15) is 0 Å². The number of rotatable bonds is 6. The lowest BCUT2D eigenvalue weighted by Crippen LogP contribution is -2.13. The number of pyridine rings is 1. The van der Waals surface area contributed by atoms with E-state index in [2.05, 4.69) is 4.98 Å². The van der Waals surface area contributed by atoms with Crippen molar-refractivity contribution in [3.63, 3.8) is 0 Å². The Kier molecular flexibility index (Phi) is 4.96. The molecule has 0 fully saturated rings. The van der Waals surface area contributed by atoms with Gasteiger partial charge < -0.3 is 15.2 Å². The van der Waals surface area contributed by atoms with Gasteiger partial charge in [-0.05, 0) is 43.7 Å². The molecule has 4 heteroatoms. The normalized spacial score (nSPS) is 11.9. The minimum atomic E-state index is -0.272. The highest BCUT2D eigenvalue weighted by Gasteiger charge is 2.13. The number of aromatic nitrogens is 1. The van der Waals surface area contributed by atoms with Gasteiger partial charge in [-0.3, -0.25) is 4.98 Å². The molecule has 2 N–H and O–H groups in total. The molecule has 1 aromatic heterocycles. The molecule has 2 rings (SSSR count). The second-order valence-electron chi connectivity index (χ2n) is 4.30. The van der Waals surface area contributed by atoms with E-state index in [4.69, 9.17) is 15.2 Å². The summed E-state index contributed by atoms with van der Waals surface area (Å²) in [6.07, 6.45) is 1.74. The van der Waals surface area contributed by atoms with Gasteiger partial charge in [-0.25, -0.2) is 0 Å². The van der Waals surface area contributed by atoms with Crippen LogP contribution >= 0.6 is 0 Å². The van der Waals surface area contributed by atoms with Crippen molar-refractivity contribution < 1.29 is 9.47 Å². The van der Waals surface area contributed by atoms with Gasteiger partial charge in [0.15, 0.2) is 11.5 Å². The van der Waals surface area contributed by atoms with Crippen LogP contribution in [0.5, 0.6) is 11.5 Å². The summed E-state index contributed by atoms with van der Waals surface area (Å²) in [7, 11) is 0. The molecule has 0 amide bonds. The minimum absolute atomic E-state index is 0.272. The lowest BCUT2D eigenvalue weighted by molar-refractivity contribution is 0.287. The predicted octanol–water partition coefficient (Wildman–Crippen LogP) is 2.93. The average molecular weight is 272 g/mol. The Bertz CT molecular complexity index is 543. The van der Waals surface area contributed by atoms with Gasteiger partial charge in [0.2, 0.25) is 0 Å². The first-order valence-corrected chi connectivity index (χ1v) is 6.82. The first kappa shape index (κ1) is 14.3. The van der Waals surface area contributed by atoms with Crippen LogP contribution in [0, 0.1) is 0 Å². The summed E-state index contributed by atoms with van der Waals surface area (Å²) in [6.45, 7) is 5.08. The highest BCUT2D eigenvalue weighted by atomic mass is 16.5. The van der Waals surface area contributed by atoms with E-state index < -0.39 is 0 Å². The van der Waals surface area contributed by atoms with Crippen molar-refractivity contribution >= 4 is 0 Å². The second kappa shape index (κ2) is 6.91. The zero-order chi connectivity index (χ0) is 14.4. The smallest absolute Gasteiger partial charge is 0.161 e. The van der Waals surface area contributed by atoms with Crippen LogP contribution < -0.4 is 15.2 Å². The third-order valence-corrected chi connectivity index (χ3v) is 2.93. The Morgan fingerprint density at radius 3 is 2.45 bits per heavy atom. The van der Waals surface area contributed by atoms with Crippen LogP contribution in [0.2, 0.25) is 0 Å². The van der Waals surface area contributed by atoms with Crippen LogP contribution in [0.4, 0.5) is 0 Å². The zero-order valence-electron chi connectivity index (χ0n) is 11.9. The summed E-state index contributed by atoms with van der Waals surface area (Å²) in [5.74, 6) is 1.46. The number of nitrogens with zero attached hydrogens (tertiary/aromatic N) is 1. The van der Waals surface area contributed by atoms with E-state index in [-0.39, 0.29) is 6.04 Å². The van der Waals surface area contributed by atoms with Crippen molar-refractivity contribution in [3.05, 3.63) is 53.9 Å². The Hall–Kier alpha value is -2.07. The molecule has 0 saturated heterocycles. The largest absolute Gasteiger partial charge is 0.490 e. The summed E-state index contributed by atoms with van der Waals surface area (Å²) >= 11 is 0. The molecular weight excluding hydrogens is 252 g/mol. The van der Waals surface area contributed by atoms with Crippen LogP contribution in [0.25, 0.3) is 0 Å².